The van der Waals surface area contributed by atoms with Crippen LogP contribution in [-0.4, -0.2) is 102 Å². The zero-order valence-electron chi connectivity index (χ0n) is 34.8. The normalized spacial score (nSPS) is 18.1. The van der Waals surface area contributed by atoms with Crippen LogP contribution < -0.4 is 16.0 Å². The molecule has 312 valence electrons. The molecule has 2 saturated heterocycles. The van der Waals surface area contributed by atoms with Gasteiger partial charge in [0.15, 0.2) is 0 Å². The fourth-order valence-electron chi connectivity index (χ4n) is 7.94. The van der Waals surface area contributed by atoms with Crippen molar-refractivity contribution in [2.75, 3.05) is 33.9 Å². The number of nitrogens with one attached hydrogen (secondary N) is 4. The summed E-state index contributed by atoms with van der Waals surface area (Å²) in [6.45, 7) is 13.2. The number of fused-ring (bicyclic) bond motifs is 2. The molecular formula is C45H56N8O6. The molecule has 3 heterocycles. The Labute approximate surface area is 345 Å². The fraction of sp³-hybridized carbons (Fsp3) is 0.422. The minimum atomic E-state index is -0.689. The topological polar surface area (TPSA) is 170 Å². The first-order valence-electron chi connectivity index (χ1n) is 20.3. The van der Waals surface area contributed by atoms with Crippen LogP contribution in [0.25, 0.3) is 39.7 Å². The van der Waals surface area contributed by atoms with Crippen molar-refractivity contribution in [3.63, 3.8) is 0 Å². The summed E-state index contributed by atoms with van der Waals surface area (Å²) in [4.78, 5) is 67.2. The lowest BCUT2D eigenvalue weighted by Gasteiger charge is -2.30. The maximum atomic E-state index is 13.6. The molecule has 2 aliphatic heterocycles. The summed E-state index contributed by atoms with van der Waals surface area (Å²) in [6, 6.07) is 17.0. The number of nitrogens with zero attached hydrogens (tertiary/aromatic N) is 4. The van der Waals surface area contributed by atoms with Gasteiger partial charge < -0.3 is 40.2 Å². The van der Waals surface area contributed by atoms with E-state index in [1.807, 2.05) is 68.0 Å². The van der Waals surface area contributed by atoms with Gasteiger partial charge in [-0.1, -0.05) is 70.2 Å². The van der Waals surface area contributed by atoms with Crippen LogP contribution in [0.1, 0.15) is 81.9 Å². The molecule has 0 unspecified atom stereocenters. The van der Waals surface area contributed by atoms with E-state index in [-0.39, 0.29) is 35.7 Å². The van der Waals surface area contributed by atoms with E-state index in [9.17, 15) is 19.2 Å². The summed E-state index contributed by atoms with van der Waals surface area (Å²) in [5.74, 6) is 0.304. The van der Waals surface area contributed by atoms with E-state index in [4.69, 9.17) is 14.5 Å². The van der Waals surface area contributed by atoms with Gasteiger partial charge in [0, 0.05) is 37.4 Å². The lowest BCUT2D eigenvalue weighted by atomic mass is 10.0. The molecule has 2 aliphatic rings. The number of imidazole rings is 1. The Balaban J connectivity index is 1.10. The van der Waals surface area contributed by atoms with Gasteiger partial charge in [-0.25, -0.2) is 14.6 Å². The summed E-state index contributed by atoms with van der Waals surface area (Å²) >= 11 is 0. The fourth-order valence-corrected chi connectivity index (χ4v) is 7.94. The van der Waals surface area contributed by atoms with Gasteiger partial charge in [-0.3, -0.25) is 14.6 Å². The average molecular weight is 805 g/mol. The molecule has 4 aromatic rings. The van der Waals surface area contributed by atoms with Gasteiger partial charge in [-0.2, -0.15) is 0 Å². The van der Waals surface area contributed by atoms with Crippen LogP contribution in [0.4, 0.5) is 9.59 Å². The van der Waals surface area contributed by atoms with Crippen molar-refractivity contribution in [3.05, 3.63) is 83.3 Å². The van der Waals surface area contributed by atoms with Crippen LogP contribution in [0.2, 0.25) is 0 Å². The highest BCUT2D eigenvalue weighted by Crippen LogP contribution is 2.33. The molecule has 59 heavy (non-hydrogen) atoms. The molecule has 0 saturated carbocycles. The lowest BCUT2D eigenvalue weighted by Crippen LogP contribution is -2.53. The predicted molar refractivity (Wildman–Crippen MR) is 231 cm³/mol. The number of benzene rings is 3. The molecule has 4 atom stereocenters. The van der Waals surface area contributed by atoms with E-state index in [2.05, 4.69) is 75.1 Å². The van der Waals surface area contributed by atoms with Gasteiger partial charge >= 0.3 is 12.2 Å². The average Bonchev–Trinajstić information content (AvgIpc) is 4.01. The van der Waals surface area contributed by atoms with E-state index < -0.39 is 24.3 Å². The highest BCUT2D eigenvalue weighted by Gasteiger charge is 2.38. The molecule has 14 nitrogen and oxygen atoms in total. The zero-order valence-corrected chi connectivity index (χ0v) is 34.8. The Bertz CT molecular complexity index is 2250. The van der Waals surface area contributed by atoms with Crippen molar-refractivity contribution in [1.82, 2.24) is 35.7 Å². The second kappa shape index (κ2) is 19.0. The SMILES string of the molecule is C=N/C(=C\NC[C@@H]1CCCN1C(=O)[C@@H](NC(=O)OC)C(C)C)c1ccc2cc(/C=C/c3ccc4[nH]c([C@@H]5CCCN5C(=O)[C@@H](NC(=O)OC)C(C)C)nc4c3)ccc2c1. The first kappa shape index (κ1) is 42.4. The van der Waals surface area contributed by atoms with Crippen molar-refractivity contribution < 1.29 is 28.7 Å². The summed E-state index contributed by atoms with van der Waals surface area (Å²) < 4.78 is 9.51. The van der Waals surface area contributed by atoms with E-state index >= 15 is 0 Å². The van der Waals surface area contributed by atoms with Gasteiger partial charge in [0.2, 0.25) is 11.8 Å². The van der Waals surface area contributed by atoms with E-state index in [1.54, 1.807) is 0 Å². The number of hydrogen-bond acceptors (Lipinski definition) is 9. The number of carbonyl (C=O) groups excluding carboxylic acids is 4. The Morgan fingerprint density at radius 3 is 2.08 bits per heavy atom. The maximum absolute atomic E-state index is 13.6. The minimum absolute atomic E-state index is 0.0192. The molecule has 6 rings (SSSR count). The number of aromatic nitrogens is 2. The number of aliphatic imine (C=N–C) groups is 1. The van der Waals surface area contributed by atoms with E-state index in [0.717, 1.165) is 70.0 Å². The Hall–Kier alpha value is -6.18. The monoisotopic (exact) mass is 804 g/mol. The predicted octanol–water partition coefficient (Wildman–Crippen LogP) is 6.89. The number of ether oxygens (including phenoxy) is 2. The van der Waals surface area contributed by atoms with Crippen LogP contribution in [0.3, 0.4) is 0 Å². The standard InChI is InChI=1S/C45H56N8O6/c1-27(2)39(50-44(56)58-6)42(54)52-20-8-10-34(52)25-47-26-37(46-5)33-18-17-31-22-29(14-16-32(31)24-33)12-13-30-15-19-35-36(23-30)49-41(48-35)38-11-9-21-53(38)43(55)40(28(3)4)51-45(57)59-7/h12-19,22-24,26-28,34,38-40,47H,5,8-11,20-21,25H2,1-4,6-7H3,(H,48,49)(H,50,56)(H,51,57)/b13-12+,37-26-/t34-,38-,39-,40-/m0/s1. The smallest absolute Gasteiger partial charge is 0.407 e. The zero-order chi connectivity index (χ0) is 42.2. The number of methoxy groups -OCH3 is 2. The van der Waals surface area contributed by atoms with Crippen LogP contribution in [0.15, 0.2) is 65.8 Å². The largest absolute Gasteiger partial charge is 0.453 e. The molecule has 0 aliphatic carbocycles. The number of carbonyl (C=O) groups is 4. The van der Waals surface area contributed by atoms with Crippen molar-refractivity contribution in [2.45, 2.75) is 77.5 Å². The first-order chi connectivity index (χ1) is 28.4. The number of hydrogen-bond donors (Lipinski definition) is 4. The van der Waals surface area contributed by atoms with Crippen molar-refractivity contribution >= 4 is 70.4 Å². The highest BCUT2D eigenvalue weighted by atomic mass is 16.5. The molecule has 3 aromatic carbocycles. The molecule has 4 N–H and O–H groups in total. The summed E-state index contributed by atoms with van der Waals surface area (Å²) in [5, 5.41) is 10.9. The number of rotatable bonds is 14. The number of amides is 4. The maximum Gasteiger partial charge on any atom is 0.407 e. The summed E-state index contributed by atoms with van der Waals surface area (Å²) in [5.41, 5.74) is 5.36. The van der Waals surface area contributed by atoms with Crippen LogP contribution in [-0.2, 0) is 19.1 Å². The van der Waals surface area contributed by atoms with Gasteiger partial charge in [0.25, 0.3) is 0 Å². The van der Waals surface area contributed by atoms with E-state index in [1.165, 1.54) is 14.2 Å². The number of likely N-dealkylation sites (tertiary alicyclic amines) is 2. The van der Waals surface area contributed by atoms with Gasteiger partial charge in [0.05, 0.1) is 37.0 Å². The Morgan fingerprint density at radius 1 is 0.831 bits per heavy atom. The van der Waals surface area contributed by atoms with E-state index in [0.29, 0.717) is 25.3 Å². The van der Waals surface area contributed by atoms with Gasteiger partial charge in [0.1, 0.15) is 17.9 Å². The summed E-state index contributed by atoms with van der Waals surface area (Å²) in [7, 11) is 2.58. The van der Waals surface area contributed by atoms with Crippen LogP contribution >= 0.6 is 0 Å². The molecule has 0 spiro atoms. The molecule has 2 fully saturated rings. The molecule has 4 amide bonds. The van der Waals surface area contributed by atoms with Crippen LogP contribution in [0, 0.1) is 11.8 Å². The quantitative estimate of drug-likeness (QED) is 0.0789. The second-order valence-electron chi connectivity index (χ2n) is 15.9. The van der Waals surface area contributed by atoms with Crippen molar-refractivity contribution in [3.8, 4) is 0 Å². The lowest BCUT2D eigenvalue weighted by molar-refractivity contribution is -0.136. The highest BCUT2D eigenvalue weighted by molar-refractivity contribution is 5.90. The molecule has 14 heteroatoms. The summed E-state index contributed by atoms with van der Waals surface area (Å²) in [6.07, 6.45) is 8.12. The van der Waals surface area contributed by atoms with Gasteiger partial charge in [-0.15, -0.1) is 0 Å². The van der Waals surface area contributed by atoms with Crippen LogP contribution in [0.5, 0.6) is 0 Å². The Morgan fingerprint density at radius 2 is 1.42 bits per heavy atom. The van der Waals surface area contributed by atoms with Crippen molar-refractivity contribution in [2.24, 2.45) is 16.8 Å². The first-order valence-corrected chi connectivity index (χ1v) is 20.3. The number of H-pyrrole nitrogens is 1. The molecular weight excluding hydrogens is 749 g/mol. The minimum Gasteiger partial charge on any atom is -0.453 e. The molecule has 0 bridgehead atoms. The molecule has 0 radical (unpaired) electrons. The van der Waals surface area contributed by atoms with Gasteiger partial charge in [-0.05, 0) is 90.4 Å². The number of aromatic amines is 1. The third-order valence-electron chi connectivity index (χ3n) is 11.2. The van der Waals surface area contributed by atoms with Crippen molar-refractivity contribution in [1.29, 1.82) is 0 Å². The Kier molecular flexibility index (Phi) is 13.7. The second-order valence-corrected chi connectivity index (χ2v) is 15.9. The number of alkyl carbamates (subject to hydrolysis) is 2. The molecule has 1 aromatic heterocycles. The third-order valence-corrected chi connectivity index (χ3v) is 11.2. The third kappa shape index (κ3) is 9.93.